The molecule has 1 heterocycles. The molecule has 0 aromatic carbocycles. The third-order valence-electron chi connectivity index (χ3n) is 1.60. The maximum atomic E-state index is 5.56. The van der Waals surface area contributed by atoms with E-state index in [1.807, 2.05) is 6.92 Å². The summed E-state index contributed by atoms with van der Waals surface area (Å²) in [4.78, 5) is 7.77. The molecule has 0 saturated heterocycles. The largest absolute Gasteiger partial charge is 0.475 e. The van der Waals surface area contributed by atoms with E-state index in [-0.39, 0.29) is 0 Å². The number of anilines is 1. The van der Waals surface area contributed by atoms with Crippen molar-refractivity contribution < 1.29 is 9.47 Å². The number of rotatable bonds is 4. The number of hydrogen-bond acceptors (Lipinski definition) is 5. The predicted octanol–water partition coefficient (Wildman–Crippen LogP) is 0.392. The molecular formula is C8H13N3O2. The Bertz CT molecular complexity index is 278. The van der Waals surface area contributed by atoms with Crippen molar-refractivity contribution in [1.29, 1.82) is 0 Å². The van der Waals surface area contributed by atoms with Crippen molar-refractivity contribution in [2.45, 2.75) is 6.92 Å². The van der Waals surface area contributed by atoms with Crippen LogP contribution in [0.4, 0.5) is 5.82 Å². The lowest BCUT2D eigenvalue weighted by Gasteiger charge is -2.07. The highest BCUT2D eigenvalue weighted by atomic mass is 16.5. The molecule has 1 rings (SSSR count). The second kappa shape index (κ2) is 4.61. The zero-order valence-electron chi connectivity index (χ0n) is 7.78. The number of nitrogens with two attached hydrogens (primary N) is 1. The summed E-state index contributed by atoms with van der Waals surface area (Å²) in [5, 5.41) is 0. The van der Waals surface area contributed by atoms with Gasteiger partial charge in [0.25, 0.3) is 0 Å². The molecule has 0 fully saturated rings. The Morgan fingerprint density at radius 1 is 1.38 bits per heavy atom. The fourth-order valence-electron chi connectivity index (χ4n) is 0.814. The van der Waals surface area contributed by atoms with E-state index in [9.17, 15) is 0 Å². The number of nitrogen functional groups attached to an aromatic ring is 1. The Kier molecular flexibility index (Phi) is 3.45. The molecule has 1 aromatic heterocycles. The van der Waals surface area contributed by atoms with Gasteiger partial charge in [-0.1, -0.05) is 0 Å². The molecule has 0 aliphatic rings. The molecular weight excluding hydrogens is 170 g/mol. The van der Waals surface area contributed by atoms with Gasteiger partial charge in [0.2, 0.25) is 5.88 Å². The Hall–Kier alpha value is -1.36. The molecule has 1 aromatic rings. The average Bonchev–Trinajstić information content (AvgIpc) is 2.13. The second-order valence-corrected chi connectivity index (χ2v) is 2.53. The molecule has 0 radical (unpaired) electrons. The molecule has 13 heavy (non-hydrogen) atoms. The maximum absolute atomic E-state index is 5.56. The van der Waals surface area contributed by atoms with Gasteiger partial charge < -0.3 is 15.2 Å². The Morgan fingerprint density at radius 2 is 2.15 bits per heavy atom. The first-order valence-electron chi connectivity index (χ1n) is 3.94. The van der Waals surface area contributed by atoms with E-state index in [4.69, 9.17) is 15.2 Å². The molecule has 72 valence electrons. The highest BCUT2D eigenvalue weighted by Gasteiger charge is 2.04. The van der Waals surface area contributed by atoms with Crippen LogP contribution >= 0.6 is 0 Å². The van der Waals surface area contributed by atoms with E-state index in [0.717, 1.165) is 5.56 Å². The Labute approximate surface area is 76.9 Å². The lowest BCUT2D eigenvalue weighted by Crippen LogP contribution is -2.08. The van der Waals surface area contributed by atoms with Crippen LogP contribution in [0.5, 0.6) is 5.88 Å². The normalized spacial score (nSPS) is 10.0. The highest BCUT2D eigenvalue weighted by Crippen LogP contribution is 2.16. The van der Waals surface area contributed by atoms with Crippen LogP contribution in [-0.2, 0) is 4.74 Å². The first-order valence-corrected chi connectivity index (χ1v) is 3.94. The van der Waals surface area contributed by atoms with Crippen molar-refractivity contribution in [3.8, 4) is 5.88 Å². The van der Waals surface area contributed by atoms with Gasteiger partial charge in [-0.3, -0.25) is 0 Å². The van der Waals surface area contributed by atoms with Crippen LogP contribution in [0.3, 0.4) is 0 Å². The third kappa shape index (κ3) is 2.55. The minimum Gasteiger partial charge on any atom is -0.475 e. The zero-order chi connectivity index (χ0) is 9.68. The molecule has 0 spiro atoms. The van der Waals surface area contributed by atoms with E-state index < -0.39 is 0 Å². The number of ether oxygens (including phenoxy) is 2. The summed E-state index contributed by atoms with van der Waals surface area (Å²) in [6.07, 6.45) is 1.38. The SMILES string of the molecule is COCCOc1ncnc(N)c1C. The molecule has 0 atom stereocenters. The third-order valence-corrected chi connectivity index (χ3v) is 1.60. The summed E-state index contributed by atoms with van der Waals surface area (Å²) >= 11 is 0. The first kappa shape index (κ1) is 9.73. The van der Waals surface area contributed by atoms with Crippen molar-refractivity contribution in [3.63, 3.8) is 0 Å². The molecule has 0 bridgehead atoms. The van der Waals surface area contributed by atoms with Gasteiger partial charge in [-0.25, -0.2) is 9.97 Å². The fraction of sp³-hybridized carbons (Fsp3) is 0.500. The maximum Gasteiger partial charge on any atom is 0.221 e. The molecule has 5 nitrogen and oxygen atoms in total. The molecule has 0 aliphatic heterocycles. The van der Waals surface area contributed by atoms with Gasteiger partial charge in [0, 0.05) is 7.11 Å². The van der Waals surface area contributed by atoms with Crippen molar-refractivity contribution >= 4 is 5.82 Å². The van der Waals surface area contributed by atoms with Gasteiger partial charge >= 0.3 is 0 Å². The molecule has 5 heteroatoms. The minimum atomic E-state index is 0.447. The number of nitrogens with zero attached hydrogens (tertiary/aromatic N) is 2. The summed E-state index contributed by atoms with van der Waals surface area (Å²) in [7, 11) is 1.62. The van der Waals surface area contributed by atoms with Gasteiger partial charge in [-0.2, -0.15) is 0 Å². The second-order valence-electron chi connectivity index (χ2n) is 2.53. The van der Waals surface area contributed by atoms with E-state index in [1.54, 1.807) is 7.11 Å². The molecule has 0 unspecified atom stereocenters. The molecule has 2 N–H and O–H groups in total. The molecule has 0 amide bonds. The summed E-state index contributed by atoms with van der Waals surface area (Å²) in [5.41, 5.74) is 6.33. The summed E-state index contributed by atoms with van der Waals surface area (Å²) in [6, 6.07) is 0. The van der Waals surface area contributed by atoms with Gasteiger partial charge in [-0.05, 0) is 6.92 Å². The number of methoxy groups -OCH3 is 1. The lowest BCUT2D eigenvalue weighted by atomic mass is 10.3. The van der Waals surface area contributed by atoms with Crippen LogP contribution in [0.25, 0.3) is 0 Å². The zero-order valence-corrected chi connectivity index (χ0v) is 7.78. The van der Waals surface area contributed by atoms with Crippen molar-refractivity contribution in [1.82, 2.24) is 9.97 Å². The Morgan fingerprint density at radius 3 is 2.85 bits per heavy atom. The average molecular weight is 183 g/mol. The predicted molar refractivity (Wildman–Crippen MR) is 48.6 cm³/mol. The summed E-state index contributed by atoms with van der Waals surface area (Å²) in [6.45, 7) is 2.81. The smallest absolute Gasteiger partial charge is 0.221 e. The van der Waals surface area contributed by atoms with Gasteiger partial charge in [0.1, 0.15) is 18.8 Å². The van der Waals surface area contributed by atoms with E-state index in [2.05, 4.69) is 9.97 Å². The number of aromatic nitrogens is 2. The van der Waals surface area contributed by atoms with E-state index in [0.29, 0.717) is 24.9 Å². The van der Waals surface area contributed by atoms with Crippen molar-refractivity contribution in [2.24, 2.45) is 0 Å². The lowest BCUT2D eigenvalue weighted by molar-refractivity contribution is 0.143. The van der Waals surface area contributed by atoms with E-state index >= 15 is 0 Å². The van der Waals surface area contributed by atoms with Crippen LogP contribution in [0.2, 0.25) is 0 Å². The highest BCUT2D eigenvalue weighted by molar-refractivity contribution is 5.42. The molecule has 0 saturated carbocycles. The monoisotopic (exact) mass is 183 g/mol. The summed E-state index contributed by atoms with van der Waals surface area (Å²) < 4.78 is 10.1. The summed E-state index contributed by atoms with van der Waals surface area (Å²) in [5.74, 6) is 0.965. The van der Waals surface area contributed by atoms with E-state index in [1.165, 1.54) is 6.33 Å². The first-order chi connectivity index (χ1) is 6.25. The topological polar surface area (TPSA) is 70.3 Å². The fourth-order valence-corrected chi connectivity index (χ4v) is 0.814. The van der Waals surface area contributed by atoms with Crippen molar-refractivity contribution in [2.75, 3.05) is 26.1 Å². The Balaban J connectivity index is 2.61. The standard InChI is InChI=1S/C8H13N3O2/c1-6-7(9)10-5-11-8(6)13-4-3-12-2/h5H,3-4H2,1-2H3,(H2,9,10,11). The van der Waals surface area contributed by atoms with Gasteiger partial charge in [-0.15, -0.1) is 0 Å². The van der Waals surface area contributed by atoms with Crippen molar-refractivity contribution in [3.05, 3.63) is 11.9 Å². The van der Waals surface area contributed by atoms with Crippen LogP contribution < -0.4 is 10.5 Å². The number of hydrogen-bond donors (Lipinski definition) is 1. The van der Waals surface area contributed by atoms with Crippen LogP contribution in [0.1, 0.15) is 5.56 Å². The minimum absolute atomic E-state index is 0.447. The van der Waals surface area contributed by atoms with Crippen LogP contribution in [0.15, 0.2) is 6.33 Å². The van der Waals surface area contributed by atoms with Crippen LogP contribution in [-0.4, -0.2) is 30.3 Å². The quantitative estimate of drug-likeness (QED) is 0.684. The van der Waals surface area contributed by atoms with Gasteiger partial charge in [0.15, 0.2) is 0 Å². The van der Waals surface area contributed by atoms with Gasteiger partial charge in [0.05, 0.1) is 12.2 Å². The van der Waals surface area contributed by atoms with Crippen LogP contribution in [0, 0.1) is 6.92 Å². The molecule has 0 aliphatic carbocycles.